The van der Waals surface area contributed by atoms with Crippen LogP contribution in [0.5, 0.6) is 0 Å². The van der Waals surface area contributed by atoms with Crippen LogP contribution in [0.3, 0.4) is 0 Å². The van der Waals surface area contributed by atoms with Gasteiger partial charge in [0, 0.05) is 6.42 Å². The Bertz CT molecular complexity index is 1000. The van der Waals surface area contributed by atoms with E-state index in [1.165, 1.54) is 5.57 Å². The molecule has 3 fully saturated rings. The fourth-order valence-corrected chi connectivity index (χ4v) is 7.44. The third-order valence-corrected chi connectivity index (χ3v) is 9.50. The van der Waals surface area contributed by atoms with Gasteiger partial charge >= 0.3 is 18.0 Å². The molecule has 2 unspecified atom stereocenters. The van der Waals surface area contributed by atoms with E-state index >= 15 is 0 Å². The van der Waals surface area contributed by atoms with Gasteiger partial charge in [-0.1, -0.05) is 42.6 Å². The summed E-state index contributed by atoms with van der Waals surface area (Å²) in [6.45, 7) is 5.46. The third-order valence-electron chi connectivity index (χ3n) is 9.50. The number of aliphatic hydroxyl groups is 4. The molecule has 0 bridgehead atoms. The molecular formula is C31H44F6O4. The van der Waals surface area contributed by atoms with E-state index in [-0.39, 0.29) is 29.6 Å². The second-order valence-electron chi connectivity index (χ2n) is 13.3. The average Bonchev–Trinajstić information content (AvgIpc) is 3.16. The van der Waals surface area contributed by atoms with Gasteiger partial charge in [-0.3, -0.25) is 0 Å². The van der Waals surface area contributed by atoms with Crippen molar-refractivity contribution in [3.05, 3.63) is 23.3 Å². The van der Waals surface area contributed by atoms with Gasteiger partial charge in [0.1, 0.15) is 0 Å². The van der Waals surface area contributed by atoms with Crippen LogP contribution in [-0.2, 0) is 0 Å². The monoisotopic (exact) mass is 594 g/mol. The van der Waals surface area contributed by atoms with Crippen LogP contribution in [0.25, 0.3) is 0 Å². The van der Waals surface area contributed by atoms with Crippen LogP contribution in [0.2, 0.25) is 0 Å². The first-order chi connectivity index (χ1) is 18.8. The van der Waals surface area contributed by atoms with Gasteiger partial charge in [0.25, 0.3) is 0 Å². The lowest BCUT2D eigenvalue weighted by Crippen LogP contribution is -2.55. The fourth-order valence-electron chi connectivity index (χ4n) is 7.44. The van der Waals surface area contributed by atoms with Crippen LogP contribution in [0.4, 0.5) is 26.3 Å². The van der Waals surface area contributed by atoms with Crippen LogP contribution in [0.15, 0.2) is 23.3 Å². The third kappa shape index (κ3) is 8.10. The number of halogens is 6. The van der Waals surface area contributed by atoms with Gasteiger partial charge in [0.15, 0.2) is 0 Å². The number of alkyl halides is 6. The number of hydrogen-bond acceptors (Lipinski definition) is 4. The molecular weight excluding hydrogens is 550 g/mol. The highest BCUT2D eigenvalue weighted by Gasteiger charge is 2.70. The summed E-state index contributed by atoms with van der Waals surface area (Å²) in [5.41, 5.74) is -4.05. The van der Waals surface area contributed by atoms with Crippen molar-refractivity contribution in [3.8, 4) is 11.8 Å². The minimum atomic E-state index is -5.99. The lowest BCUT2D eigenvalue weighted by molar-refractivity contribution is -0.343. The van der Waals surface area contributed by atoms with E-state index in [4.69, 9.17) is 0 Å². The zero-order valence-corrected chi connectivity index (χ0v) is 24.1. The minimum Gasteiger partial charge on any atom is -0.393 e. The Hall–Kier alpha value is -1.54. The van der Waals surface area contributed by atoms with Crippen molar-refractivity contribution >= 4 is 0 Å². The maximum atomic E-state index is 13.2. The molecule has 6 atom stereocenters. The summed E-state index contributed by atoms with van der Waals surface area (Å²) >= 11 is 0. The van der Waals surface area contributed by atoms with E-state index in [1.807, 2.05) is 6.08 Å². The maximum Gasteiger partial charge on any atom is 0.438 e. The summed E-state index contributed by atoms with van der Waals surface area (Å²) in [4.78, 5) is 0. The van der Waals surface area contributed by atoms with E-state index in [0.717, 1.165) is 43.6 Å². The van der Waals surface area contributed by atoms with Crippen molar-refractivity contribution in [2.45, 2.75) is 134 Å². The van der Waals surface area contributed by atoms with Crippen LogP contribution >= 0.6 is 0 Å². The standard InChI is InChI=1S/C31H44F6O4/c1-27(2,40)14-4-7-21(9-6-16-29(41,30(32,33)34)31(35,36)37)25-12-13-26-22(8-5-15-28(25,26)3)11-10-20-17-23(38)19-24(39)18-20/h10-11,21,23-26,38-41H,4-5,7-9,12-15,17-19H2,1-3H3/b22-11+/t21-,23-,24-,25?,26?,28-/m1/s1. The zero-order chi connectivity index (χ0) is 30.9. The fraction of sp³-hybridized carbons (Fsp3) is 0.806. The molecule has 0 spiro atoms. The molecule has 3 rings (SSSR count). The van der Waals surface area contributed by atoms with Gasteiger partial charge in [-0.25, -0.2) is 0 Å². The molecule has 0 aromatic heterocycles. The topological polar surface area (TPSA) is 80.9 Å². The highest BCUT2D eigenvalue weighted by molar-refractivity contribution is 5.27. The van der Waals surface area contributed by atoms with E-state index < -0.39 is 35.8 Å². The summed E-state index contributed by atoms with van der Waals surface area (Å²) in [6.07, 6.45) is -2.19. The Balaban J connectivity index is 1.87. The first kappa shape index (κ1) is 34.0. The molecule has 10 heteroatoms. The van der Waals surface area contributed by atoms with Gasteiger partial charge in [0.2, 0.25) is 0 Å². The van der Waals surface area contributed by atoms with Crippen LogP contribution < -0.4 is 0 Å². The molecule has 234 valence electrons. The molecule has 3 aliphatic rings. The molecule has 4 N–H and O–H groups in total. The lowest BCUT2D eigenvalue weighted by atomic mass is 9.60. The Morgan fingerprint density at radius 1 is 0.976 bits per heavy atom. The highest BCUT2D eigenvalue weighted by Crippen LogP contribution is 2.60. The molecule has 0 aliphatic heterocycles. The Morgan fingerprint density at radius 2 is 1.59 bits per heavy atom. The first-order valence-corrected chi connectivity index (χ1v) is 14.6. The molecule has 0 aromatic carbocycles. The van der Waals surface area contributed by atoms with Crippen molar-refractivity contribution in [2.75, 3.05) is 0 Å². The van der Waals surface area contributed by atoms with Gasteiger partial charge < -0.3 is 20.4 Å². The number of rotatable bonds is 7. The summed E-state index contributed by atoms with van der Waals surface area (Å²) in [5.74, 6) is 3.13. The van der Waals surface area contributed by atoms with Gasteiger partial charge in [-0.2, -0.15) is 26.3 Å². The molecule has 0 saturated heterocycles. The SMILES string of the molecule is CC(C)(O)CCC[C@H](CC#CC(O)(C(F)(F)F)C(F)(F)F)C1CCC2/C(=C/C=C3C[C@@H](O)C[C@H](O)C3)CCC[C@@]21C. The van der Waals surface area contributed by atoms with Crippen LogP contribution in [-0.4, -0.2) is 56.2 Å². The molecule has 0 amide bonds. The number of aliphatic hydroxyl groups excluding tert-OH is 2. The molecule has 0 radical (unpaired) electrons. The predicted octanol–water partition coefficient (Wildman–Crippen LogP) is 6.77. The van der Waals surface area contributed by atoms with Crippen molar-refractivity contribution < 1.29 is 46.8 Å². The van der Waals surface area contributed by atoms with E-state index in [1.54, 1.807) is 13.8 Å². The van der Waals surface area contributed by atoms with E-state index in [0.29, 0.717) is 38.5 Å². The van der Waals surface area contributed by atoms with Crippen molar-refractivity contribution in [3.63, 3.8) is 0 Å². The number of allylic oxidation sites excluding steroid dienone is 3. The highest BCUT2D eigenvalue weighted by atomic mass is 19.4. The quantitative estimate of drug-likeness (QED) is 0.194. The number of hydrogen-bond donors (Lipinski definition) is 4. The van der Waals surface area contributed by atoms with Crippen molar-refractivity contribution in [2.24, 2.45) is 23.2 Å². The lowest BCUT2D eigenvalue weighted by Gasteiger charge is -2.45. The first-order valence-electron chi connectivity index (χ1n) is 14.6. The van der Waals surface area contributed by atoms with Gasteiger partial charge in [-0.05, 0) is 107 Å². The van der Waals surface area contributed by atoms with Crippen LogP contribution in [0, 0.1) is 35.0 Å². The summed E-state index contributed by atoms with van der Waals surface area (Å²) in [7, 11) is 0. The van der Waals surface area contributed by atoms with Gasteiger partial charge in [0.05, 0.1) is 17.8 Å². The van der Waals surface area contributed by atoms with Crippen molar-refractivity contribution in [1.29, 1.82) is 0 Å². The minimum absolute atomic E-state index is 0.00292. The smallest absolute Gasteiger partial charge is 0.393 e. The second-order valence-corrected chi connectivity index (χ2v) is 13.3. The molecule has 0 heterocycles. The summed E-state index contributed by atoms with van der Waals surface area (Å²) in [5, 5.41) is 39.7. The van der Waals surface area contributed by atoms with Crippen LogP contribution in [0.1, 0.15) is 97.8 Å². The molecule has 3 saturated carbocycles. The van der Waals surface area contributed by atoms with E-state index in [2.05, 4.69) is 18.9 Å². The Kier molecular flexibility index (Phi) is 10.4. The molecule has 41 heavy (non-hydrogen) atoms. The zero-order valence-electron chi connectivity index (χ0n) is 24.1. The van der Waals surface area contributed by atoms with Gasteiger partial charge in [-0.15, -0.1) is 0 Å². The number of fused-ring (bicyclic) bond motifs is 1. The Labute approximate surface area is 238 Å². The van der Waals surface area contributed by atoms with Crippen molar-refractivity contribution in [1.82, 2.24) is 0 Å². The van der Waals surface area contributed by atoms with E-state index in [9.17, 15) is 46.8 Å². The summed E-state index contributed by atoms with van der Waals surface area (Å²) in [6, 6.07) is 0. The normalized spacial score (nSPS) is 31.4. The average molecular weight is 595 g/mol. The second kappa shape index (κ2) is 12.6. The largest absolute Gasteiger partial charge is 0.438 e. The Morgan fingerprint density at radius 3 is 2.15 bits per heavy atom. The predicted molar refractivity (Wildman–Crippen MR) is 143 cm³/mol. The molecule has 3 aliphatic carbocycles. The molecule has 0 aromatic rings. The maximum absolute atomic E-state index is 13.2. The summed E-state index contributed by atoms with van der Waals surface area (Å²) < 4.78 is 79.2. The molecule has 4 nitrogen and oxygen atoms in total.